The Balaban J connectivity index is 2.17. The highest BCUT2D eigenvalue weighted by molar-refractivity contribution is 9.10. The van der Waals surface area contributed by atoms with Crippen LogP contribution in [0.25, 0.3) is 0 Å². The van der Waals surface area contributed by atoms with Gasteiger partial charge in [-0.15, -0.1) is 0 Å². The summed E-state index contributed by atoms with van der Waals surface area (Å²) in [5, 5.41) is 7.32. The number of fused-ring (bicyclic) bond motifs is 1. The van der Waals surface area contributed by atoms with E-state index in [1.807, 2.05) is 25.1 Å². The van der Waals surface area contributed by atoms with E-state index in [1.165, 1.54) is 13.4 Å². The third-order valence-electron chi connectivity index (χ3n) is 3.69. The monoisotopic (exact) mass is 378 g/mol. The first-order valence-corrected chi connectivity index (χ1v) is 7.65. The van der Waals surface area contributed by atoms with Crippen molar-refractivity contribution in [1.29, 1.82) is 0 Å². The average molecular weight is 379 g/mol. The molecule has 23 heavy (non-hydrogen) atoms. The molecule has 1 aliphatic heterocycles. The van der Waals surface area contributed by atoms with Crippen molar-refractivity contribution < 1.29 is 14.3 Å². The van der Waals surface area contributed by atoms with Gasteiger partial charge in [0, 0.05) is 5.70 Å². The van der Waals surface area contributed by atoms with Crippen LogP contribution < -0.4 is 10.1 Å². The van der Waals surface area contributed by atoms with Crippen molar-refractivity contribution in [3.63, 3.8) is 0 Å². The molecule has 1 aromatic heterocycles. The van der Waals surface area contributed by atoms with Crippen LogP contribution in [0, 0.1) is 0 Å². The van der Waals surface area contributed by atoms with Crippen molar-refractivity contribution >= 4 is 27.8 Å². The molecule has 0 radical (unpaired) electrons. The van der Waals surface area contributed by atoms with Crippen molar-refractivity contribution in [3.05, 3.63) is 45.8 Å². The predicted molar refractivity (Wildman–Crippen MR) is 87.2 cm³/mol. The topological polar surface area (TPSA) is 78.3 Å². The number of rotatable bonds is 3. The summed E-state index contributed by atoms with van der Waals surface area (Å²) >= 11 is 3.48. The van der Waals surface area contributed by atoms with Gasteiger partial charge in [0.05, 0.1) is 24.3 Å². The van der Waals surface area contributed by atoms with Crippen molar-refractivity contribution in [1.82, 2.24) is 14.8 Å². The molecular weight excluding hydrogens is 364 g/mol. The van der Waals surface area contributed by atoms with E-state index in [1.54, 1.807) is 11.8 Å². The number of halogens is 1. The van der Waals surface area contributed by atoms with E-state index in [-0.39, 0.29) is 0 Å². The zero-order valence-corrected chi connectivity index (χ0v) is 14.4. The molecule has 0 unspecified atom stereocenters. The molecule has 0 saturated heterocycles. The van der Waals surface area contributed by atoms with Gasteiger partial charge in [-0.2, -0.15) is 10.1 Å². The molecule has 1 aromatic carbocycles. The lowest BCUT2D eigenvalue weighted by Crippen LogP contribution is -2.29. The number of esters is 1. The average Bonchev–Trinajstić information content (AvgIpc) is 3.00. The van der Waals surface area contributed by atoms with Gasteiger partial charge in [-0.1, -0.05) is 6.07 Å². The highest BCUT2D eigenvalue weighted by Gasteiger charge is 2.34. The third-order valence-corrected chi connectivity index (χ3v) is 4.31. The van der Waals surface area contributed by atoms with Gasteiger partial charge in [0.25, 0.3) is 0 Å². The maximum absolute atomic E-state index is 12.3. The molecule has 1 atom stereocenters. The Kier molecular flexibility index (Phi) is 4.08. The number of allylic oxidation sites excluding steroid dienone is 1. The van der Waals surface area contributed by atoms with Gasteiger partial charge >= 0.3 is 5.97 Å². The molecule has 3 rings (SSSR count). The lowest BCUT2D eigenvalue weighted by atomic mass is 9.96. The van der Waals surface area contributed by atoms with E-state index in [4.69, 9.17) is 9.47 Å². The van der Waals surface area contributed by atoms with Crippen molar-refractivity contribution in [3.8, 4) is 5.75 Å². The van der Waals surface area contributed by atoms with Crippen LogP contribution in [-0.4, -0.2) is 35.0 Å². The Morgan fingerprint density at radius 1 is 1.39 bits per heavy atom. The van der Waals surface area contributed by atoms with Gasteiger partial charge in [-0.3, -0.25) is 0 Å². The summed E-state index contributed by atoms with van der Waals surface area (Å²) in [6.45, 7) is 1.82. The number of aromatic nitrogens is 3. The number of methoxy groups -OCH3 is 2. The number of carbonyl (C=O) groups is 1. The van der Waals surface area contributed by atoms with Crippen LogP contribution in [0.1, 0.15) is 18.5 Å². The fourth-order valence-electron chi connectivity index (χ4n) is 2.63. The fraction of sp³-hybridized carbons (Fsp3) is 0.267. The Labute approximate surface area is 141 Å². The number of nitrogens with one attached hydrogen (secondary N) is 1. The van der Waals surface area contributed by atoms with Gasteiger partial charge in [-0.05, 0) is 40.5 Å². The molecule has 120 valence electrons. The third kappa shape index (κ3) is 2.59. The van der Waals surface area contributed by atoms with Crippen molar-refractivity contribution in [2.45, 2.75) is 13.0 Å². The van der Waals surface area contributed by atoms with Crippen LogP contribution in [0.5, 0.6) is 5.75 Å². The zero-order valence-electron chi connectivity index (χ0n) is 12.8. The molecule has 2 heterocycles. The van der Waals surface area contributed by atoms with Crippen LogP contribution in [-0.2, 0) is 9.53 Å². The summed E-state index contributed by atoms with van der Waals surface area (Å²) in [4.78, 5) is 16.5. The SMILES string of the molecule is COC(=O)C1=C(C)Nc2ncnn2[C@@H]1c1ccc(OC)c(Br)c1. The highest BCUT2D eigenvalue weighted by atomic mass is 79.9. The lowest BCUT2D eigenvalue weighted by molar-refractivity contribution is -0.136. The summed E-state index contributed by atoms with van der Waals surface area (Å²) < 4.78 is 12.7. The van der Waals surface area contributed by atoms with Gasteiger partial charge in [0.15, 0.2) is 0 Å². The first-order chi connectivity index (χ1) is 11.1. The number of ether oxygens (including phenoxy) is 2. The zero-order chi connectivity index (χ0) is 16.6. The summed E-state index contributed by atoms with van der Waals surface area (Å²) in [6.07, 6.45) is 1.45. The van der Waals surface area contributed by atoms with Gasteiger partial charge in [0.2, 0.25) is 5.95 Å². The quantitative estimate of drug-likeness (QED) is 0.826. The van der Waals surface area contributed by atoms with E-state index in [0.717, 1.165) is 10.0 Å². The van der Waals surface area contributed by atoms with Crippen LogP contribution in [0.3, 0.4) is 0 Å². The largest absolute Gasteiger partial charge is 0.496 e. The van der Waals surface area contributed by atoms with Gasteiger partial charge in [0.1, 0.15) is 18.1 Å². The normalized spacial score (nSPS) is 16.6. The standard InChI is InChI=1S/C15H15BrN4O3/c1-8-12(14(21)23-3)13(20-15(19-8)17-7-18-20)9-4-5-11(22-2)10(16)6-9/h4-7,13H,1-3H3,(H,17,18,19)/t13-/m1/s1. The fourth-order valence-corrected chi connectivity index (χ4v) is 3.18. The summed E-state index contributed by atoms with van der Waals surface area (Å²) in [7, 11) is 2.96. The van der Waals surface area contributed by atoms with Crippen LogP contribution in [0.2, 0.25) is 0 Å². The minimum absolute atomic E-state index is 0.409. The molecule has 2 aromatic rings. The van der Waals surface area contributed by atoms with E-state index in [2.05, 4.69) is 31.3 Å². The second-order valence-electron chi connectivity index (χ2n) is 4.98. The first-order valence-electron chi connectivity index (χ1n) is 6.86. The van der Waals surface area contributed by atoms with E-state index in [9.17, 15) is 4.79 Å². The highest BCUT2D eigenvalue weighted by Crippen LogP contribution is 2.37. The number of hydrogen-bond acceptors (Lipinski definition) is 6. The Morgan fingerprint density at radius 3 is 2.83 bits per heavy atom. The molecule has 7 nitrogen and oxygen atoms in total. The molecule has 0 fully saturated rings. The van der Waals surface area contributed by atoms with Gasteiger partial charge in [-0.25, -0.2) is 9.48 Å². The molecule has 1 aliphatic rings. The smallest absolute Gasteiger partial charge is 0.338 e. The van der Waals surface area contributed by atoms with Gasteiger partial charge < -0.3 is 14.8 Å². The molecule has 0 spiro atoms. The van der Waals surface area contributed by atoms with E-state index in [0.29, 0.717) is 23.0 Å². The van der Waals surface area contributed by atoms with Crippen molar-refractivity contribution in [2.75, 3.05) is 19.5 Å². The molecular formula is C15H15BrN4O3. The second-order valence-corrected chi connectivity index (χ2v) is 5.83. The van der Waals surface area contributed by atoms with Crippen molar-refractivity contribution in [2.24, 2.45) is 0 Å². The minimum atomic E-state index is -0.427. The maximum atomic E-state index is 12.3. The second kappa shape index (κ2) is 6.04. The van der Waals surface area contributed by atoms with Crippen LogP contribution in [0.15, 0.2) is 40.3 Å². The number of hydrogen-bond donors (Lipinski definition) is 1. The summed E-state index contributed by atoms with van der Waals surface area (Å²) in [5.74, 6) is 0.877. The molecule has 8 heteroatoms. The Bertz CT molecular complexity index is 800. The van der Waals surface area contributed by atoms with E-state index >= 15 is 0 Å². The van der Waals surface area contributed by atoms with Crippen LogP contribution >= 0.6 is 15.9 Å². The molecule has 0 aliphatic carbocycles. The van der Waals surface area contributed by atoms with Crippen LogP contribution in [0.4, 0.5) is 5.95 Å². The number of nitrogens with zero attached hydrogens (tertiary/aromatic N) is 3. The maximum Gasteiger partial charge on any atom is 0.338 e. The molecule has 0 saturated carbocycles. The molecule has 0 amide bonds. The lowest BCUT2D eigenvalue weighted by Gasteiger charge is -2.28. The number of anilines is 1. The molecule has 1 N–H and O–H groups in total. The summed E-state index contributed by atoms with van der Waals surface area (Å²) in [6, 6.07) is 5.20. The summed E-state index contributed by atoms with van der Waals surface area (Å²) in [5.41, 5.74) is 2.04. The Morgan fingerprint density at radius 2 is 2.17 bits per heavy atom. The van der Waals surface area contributed by atoms with E-state index < -0.39 is 12.0 Å². The number of carbonyl (C=O) groups excluding carboxylic acids is 1. The number of benzene rings is 1. The molecule has 0 bridgehead atoms. The predicted octanol–water partition coefficient (Wildman–Crippen LogP) is 2.51. The Hall–Kier alpha value is -2.35. The first kappa shape index (κ1) is 15.5. The minimum Gasteiger partial charge on any atom is -0.496 e.